The van der Waals surface area contributed by atoms with Crippen LogP contribution in [0.15, 0.2) is 24.4 Å². The Bertz CT molecular complexity index is 2370. The summed E-state index contributed by atoms with van der Waals surface area (Å²) in [5, 5.41) is 77.4. The van der Waals surface area contributed by atoms with Gasteiger partial charge in [0, 0.05) is 89.4 Å². The summed E-state index contributed by atoms with van der Waals surface area (Å²) >= 11 is 0. The van der Waals surface area contributed by atoms with Crippen molar-refractivity contribution in [2.24, 2.45) is 0 Å². The van der Waals surface area contributed by atoms with Crippen LogP contribution >= 0.6 is 0 Å². The van der Waals surface area contributed by atoms with Crippen LogP contribution in [0.5, 0.6) is 0 Å². The molecule has 2 aliphatic rings. The second-order valence-electron chi connectivity index (χ2n) is 18.4. The molecular formula is C47H66FN13O18. The maximum atomic E-state index is 14.1. The molecule has 12 N–H and O–H groups in total. The molecule has 0 unspecified atom stereocenters. The number of nitrogens with zero attached hydrogens (tertiary/aromatic N) is 7. The number of carbonyl (C=O) groups excluding carboxylic acids is 6. The molecule has 2 aliphatic heterocycles. The lowest BCUT2D eigenvalue weighted by molar-refractivity contribution is -0.142. The average molecular weight is 1120 g/mol. The van der Waals surface area contributed by atoms with E-state index in [0.29, 0.717) is 24.2 Å². The molecular weight excluding hydrogens is 1050 g/mol. The van der Waals surface area contributed by atoms with Crippen LogP contribution in [0, 0.1) is 0 Å². The molecule has 2 aromatic rings. The number of urea groups is 4. The summed E-state index contributed by atoms with van der Waals surface area (Å²) in [6.07, 6.45) is 1.03. The third-order valence-corrected chi connectivity index (χ3v) is 12.6. The summed E-state index contributed by atoms with van der Waals surface area (Å²) in [4.78, 5) is 153. The minimum absolute atomic E-state index is 0.0750. The normalized spacial score (nSPS) is 14.8. The number of alkyl halides is 1. The largest absolute Gasteiger partial charge is 0.481 e. The number of hydrogen-bond donors (Lipinski definition) is 12. The zero-order chi connectivity index (χ0) is 58.2. The highest BCUT2D eigenvalue weighted by Gasteiger charge is 2.31. The maximum Gasteiger partial charge on any atom is 0.326 e. The zero-order valence-electron chi connectivity index (χ0n) is 43.0. The van der Waals surface area contributed by atoms with Gasteiger partial charge in [-0.1, -0.05) is 5.21 Å². The number of rotatable bonds is 30. The van der Waals surface area contributed by atoms with Gasteiger partial charge >= 0.3 is 59.9 Å². The van der Waals surface area contributed by atoms with E-state index in [1.165, 1.54) is 42.5 Å². The molecule has 1 aromatic carbocycles. The van der Waals surface area contributed by atoms with Crippen LogP contribution in [0.3, 0.4) is 0 Å². The van der Waals surface area contributed by atoms with Gasteiger partial charge in [0.25, 0.3) is 11.8 Å². The number of aromatic nitrogens is 3. The van der Waals surface area contributed by atoms with Crippen molar-refractivity contribution in [1.29, 1.82) is 0 Å². The second kappa shape index (κ2) is 31.4. The molecule has 0 aliphatic carbocycles. The van der Waals surface area contributed by atoms with Gasteiger partial charge in [-0.25, -0.2) is 43.0 Å². The van der Waals surface area contributed by atoms with Crippen LogP contribution in [0.4, 0.5) is 23.6 Å². The molecule has 3 heterocycles. The van der Waals surface area contributed by atoms with Crippen molar-refractivity contribution in [3.8, 4) is 5.69 Å². The lowest BCUT2D eigenvalue weighted by Gasteiger charge is -2.35. The summed E-state index contributed by atoms with van der Waals surface area (Å²) in [6, 6.07) is -4.55. The Hall–Kier alpha value is -8.87. The van der Waals surface area contributed by atoms with E-state index in [-0.39, 0.29) is 115 Å². The average Bonchev–Trinajstić information content (AvgIpc) is 4.01. The quantitative estimate of drug-likeness (QED) is 0.0442. The van der Waals surface area contributed by atoms with Gasteiger partial charge in [-0.15, -0.1) is 5.10 Å². The standard InChI is InChI=1S/C47H66FN13O18/c48-13-5-6-30-27-61(56-55-30)31-25-28(38(66)57-16-20-59(21-17-57)46(78)49-14-3-1-7-32(40(68)69)51-44(76)53-34(42(72)73)9-11-36(62)63)24-29(26-31)39(67)58-18-22-60(23-19-58)47(79)50-15-4-2-8-33(41(70)71)52-45(77)54-35(43(74)75)10-12-37(64)65/h24-27,32-35H,1-23H2,(H,49,78)(H,50,79)(H,62,63)(H,64,65)(H,68,69)(H,70,71)(H,72,73)(H,74,75)(H2,51,53,76)(H2,52,54,77)/t32-,33-,34-,35-/m0/s1. The third-order valence-electron chi connectivity index (χ3n) is 12.6. The van der Waals surface area contributed by atoms with Gasteiger partial charge in [-0.05, 0) is 82.4 Å². The van der Waals surface area contributed by atoms with Crippen molar-refractivity contribution in [2.75, 3.05) is 72.1 Å². The van der Waals surface area contributed by atoms with E-state index in [9.17, 15) is 82.4 Å². The van der Waals surface area contributed by atoms with E-state index in [2.05, 4.69) is 42.2 Å². The molecule has 1 aromatic heterocycles. The van der Waals surface area contributed by atoms with E-state index in [0.717, 1.165) is 0 Å². The van der Waals surface area contributed by atoms with Crippen molar-refractivity contribution >= 4 is 71.8 Å². The fourth-order valence-corrected chi connectivity index (χ4v) is 8.21. The Labute approximate surface area is 450 Å². The van der Waals surface area contributed by atoms with Crippen molar-refractivity contribution in [2.45, 2.75) is 101 Å². The minimum atomic E-state index is -1.56. The van der Waals surface area contributed by atoms with Crippen molar-refractivity contribution < 1.29 is 92.6 Å². The highest BCUT2D eigenvalue weighted by atomic mass is 19.1. The number of halogens is 1. The highest BCUT2D eigenvalue weighted by Crippen LogP contribution is 2.20. The Balaban J connectivity index is 1.27. The Morgan fingerprint density at radius 1 is 0.494 bits per heavy atom. The van der Waals surface area contributed by atoms with Crippen molar-refractivity contribution in [3.05, 3.63) is 41.2 Å². The molecule has 434 valence electrons. The van der Waals surface area contributed by atoms with Gasteiger partial charge in [0.15, 0.2) is 0 Å². The van der Waals surface area contributed by atoms with Crippen LogP contribution in [0.25, 0.3) is 5.69 Å². The van der Waals surface area contributed by atoms with E-state index >= 15 is 0 Å². The van der Waals surface area contributed by atoms with Crippen molar-refractivity contribution in [3.63, 3.8) is 0 Å². The molecule has 4 atom stereocenters. The molecule has 0 saturated carbocycles. The molecule has 0 bridgehead atoms. The van der Waals surface area contributed by atoms with Crippen LogP contribution in [-0.4, -0.2) is 233 Å². The number of unbranched alkanes of at least 4 members (excludes halogenated alkanes) is 2. The van der Waals surface area contributed by atoms with E-state index in [1.807, 2.05) is 0 Å². The van der Waals surface area contributed by atoms with E-state index in [1.54, 1.807) is 6.20 Å². The summed E-state index contributed by atoms with van der Waals surface area (Å²) in [5.41, 5.74) is 1.03. The van der Waals surface area contributed by atoms with Crippen LogP contribution in [0.2, 0.25) is 0 Å². The number of benzene rings is 1. The maximum absolute atomic E-state index is 14.1. The highest BCUT2D eigenvalue weighted by molar-refractivity contribution is 6.01. The lowest BCUT2D eigenvalue weighted by Crippen LogP contribution is -2.53. The van der Waals surface area contributed by atoms with Crippen LogP contribution in [-0.2, 0) is 35.2 Å². The first-order valence-corrected chi connectivity index (χ1v) is 25.3. The predicted molar refractivity (Wildman–Crippen MR) is 268 cm³/mol. The smallest absolute Gasteiger partial charge is 0.326 e. The first kappa shape index (κ1) is 62.7. The van der Waals surface area contributed by atoms with Crippen LogP contribution < -0.4 is 31.9 Å². The van der Waals surface area contributed by atoms with Gasteiger partial charge in [0.1, 0.15) is 24.2 Å². The van der Waals surface area contributed by atoms with Crippen LogP contribution in [0.1, 0.15) is 97.0 Å². The van der Waals surface area contributed by atoms with Gasteiger partial charge < -0.3 is 82.1 Å². The molecule has 4 rings (SSSR count). The number of hydrogen-bond acceptors (Lipinski definition) is 14. The summed E-state index contributed by atoms with van der Waals surface area (Å²) in [6.45, 7) is 0.655. The SMILES string of the molecule is O=C(O)CC[C@H](NC(=O)N[C@@H](CCCCNC(=O)N1CCN(C(=O)c2cc(C(=O)N3CCN(C(=O)NCCCC[C@H](NC(=O)N[C@@H](CCC(=O)O)C(=O)O)C(=O)O)CC3)cc(-n3cc(CCCF)nn3)c2)CC1)C(=O)O)C(=O)O. The number of aryl methyl sites for hydroxylation is 1. The molecule has 31 nitrogen and oxygen atoms in total. The lowest BCUT2D eigenvalue weighted by atomic mass is 10.1. The number of carboxylic acid groups (broad SMARTS) is 6. The molecule has 10 amide bonds. The summed E-state index contributed by atoms with van der Waals surface area (Å²) in [5.74, 6) is -9.24. The number of piperazine rings is 2. The Morgan fingerprint density at radius 2 is 0.861 bits per heavy atom. The minimum Gasteiger partial charge on any atom is -0.481 e. The van der Waals surface area contributed by atoms with Gasteiger partial charge in [0.05, 0.1) is 24.3 Å². The predicted octanol–water partition coefficient (Wildman–Crippen LogP) is -0.414. The first-order valence-electron chi connectivity index (χ1n) is 25.3. The van der Waals surface area contributed by atoms with Crippen molar-refractivity contribution in [1.82, 2.24) is 66.5 Å². The van der Waals surface area contributed by atoms with Gasteiger partial charge in [-0.2, -0.15) is 0 Å². The zero-order valence-corrected chi connectivity index (χ0v) is 43.0. The first-order chi connectivity index (χ1) is 37.6. The molecule has 32 heteroatoms. The third kappa shape index (κ3) is 20.9. The number of carboxylic acids is 6. The number of nitrogens with one attached hydrogen (secondary N) is 6. The summed E-state index contributed by atoms with van der Waals surface area (Å²) < 4.78 is 14.3. The molecule has 0 spiro atoms. The topological polar surface area (TPSA) is 442 Å². The monoisotopic (exact) mass is 1120 g/mol. The fraction of sp³-hybridized carbons (Fsp3) is 0.574. The van der Waals surface area contributed by atoms with E-state index < -0.39 is 128 Å². The molecule has 2 fully saturated rings. The second-order valence-corrected chi connectivity index (χ2v) is 18.4. The Morgan fingerprint density at radius 3 is 1.22 bits per heavy atom. The van der Waals surface area contributed by atoms with Gasteiger partial charge in [0.2, 0.25) is 0 Å². The van der Waals surface area contributed by atoms with Gasteiger partial charge in [-0.3, -0.25) is 23.6 Å². The number of aliphatic carboxylic acids is 6. The molecule has 2 saturated heterocycles. The number of amides is 10. The fourth-order valence-electron chi connectivity index (χ4n) is 8.21. The molecule has 79 heavy (non-hydrogen) atoms. The van der Waals surface area contributed by atoms with E-state index in [4.69, 9.17) is 10.2 Å². The molecule has 0 radical (unpaired) electrons. The summed E-state index contributed by atoms with van der Waals surface area (Å²) in [7, 11) is 0. The number of carbonyl (C=O) groups is 12. The Kier molecular flexibility index (Phi) is 24.9.